The van der Waals surface area contributed by atoms with Crippen molar-refractivity contribution in [2.24, 2.45) is 5.92 Å². The van der Waals surface area contributed by atoms with Gasteiger partial charge in [-0.05, 0) is 25.1 Å². The molecule has 1 atom stereocenters. The van der Waals surface area contributed by atoms with Crippen molar-refractivity contribution in [1.29, 1.82) is 0 Å². The Balaban J connectivity index is 0. The Labute approximate surface area is 263 Å². The van der Waals surface area contributed by atoms with Gasteiger partial charge in [0.25, 0.3) is 0 Å². The van der Waals surface area contributed by atoms with Gasteiger partial charge in [0.2, 0.25) is 0 Å². The molecule has 0 radical (unpaired) electrons. The van der Waals surface area contributed by atoms with Crippen LogP contribution in [0.3, 0.4) is 0 Å². The van der Waals surface area contributed by atoms with Crippen LogP contribution < -0.4 is 0 Å². The zero-order chi connectivity index (χ0) is 29.9. The summed E-state index contributed by atoms with van der Waals surface area (Å²) in [5, 5.41) is 0.812. The van der Waals surface area contributed by atoms with Gasteiger partial charge in [-0.2, -0.15) is 0 Å². The summed E-state index contributed by atoms with van der Waals surface area (Å²) in [5.74, 6) is 0.444. The highest BCUT2D eigenvalue weighted by atomic mass is 32.1. The van der Waals surface area contributed by atoms with E-state index in [1.165, 1.54) is 173 Å². The Bertz CT molecular complexity index is 509. The van der Waals surface area contributed by atoms with Crippen LogP contribution in [-0.2, 0) is 9.53 Å². The van der Waals surface area contributed by atoms with Crippen molar-refractivity contribution < 1.29 is 9.53 Å². The van der Waals surface area contributed by atoms with Gasteiger partial charge in [0.15, 0.2) is 10.2 Å². The lowest BCUT2D eigenvalue weighted by molar-refractivity contribution is -0.110. The SMILES string of the molecule is CCC(=O)S.CCCCCCCCCCCCCCCCCCC(C)C(=S)OCCCCCCCCCCCC. The molecule has 1 unspecified atom stereocenters. The van der Waals surface area contributed by atoms with Crippen LogP contribution in [0.1, 0.15) is 207 Å². The van der Waals surface area contributed by atoms with E-state index in [9.17, 15) is 4.79 Å². The van der Waals surface area contributed by atoms with E-state index in [1.807, 2.05) is 0 Å². The van der Waals surface area contributed by atoms with Crippen molar-refractivity contribution >= 4 is 35.0 Å². The summed E-state index contributed by atoms with van der Waals surface area (Å²) in [6.45, 7) is 9.45. The van der Waals surface area contributed by atoms with Gasteiger partial charge < -0.3 is 4.74 Å². The van der Waals surface area contributed by atoms with E-state index < -0.39 is 0 Å². The smallest absolute Gasteiger partial charge is 0.185 e. The standard InChI is InChI=1S/C33H66OS.C3H6OS/c1-4-6-8-10-12-14-16-17-18-19-20-21-22-24-26-28-30-32(3)33(35)34-31-29-27-25-23-15-13-11-9-7-5-2;1-2-3(4)5/h32H,4-31H2,1-3H3;2H2,1H3,(H,4,5). The van der Waals surface area contributed by atoms with E-state index in [4.69, 9.17) is 17.0 Å². The van der Waals surface area contributed by atoms with E-state index in [0.717, 1.165) is 11.7 Å². The normalized spacial score (nSPS) is 11.6. The predicted molar refractivity (Wildman–Crippen MR) is 188 cm³/mol. The third-order valence-corrected chi connectivity index (χ3v) is 8.77. The molecule has 0 aliphatic heterocycles. The van der Waals surface area contributed by atoms with E-state index in [0.29, 0.717) is 12.3 Å². The van der Waals surface area contributed by atoms with Crippen LogP contribution >= 0.6 is 24.8 Å². The fourth-order valence-corrected chi connectivity index (χ4v) is 5.22. The second kappa shape index (κ2) is 36.9. The summed E-state index contributed by atoms with van der Waals surface area (Å²) in [5.41, 5.74) is 0. The summed E-state index contributed by atoms with van der Waals surface area (Å²) in [6.07, 6.45) is 38.3. The molecule has 0 spiro atoms. The largest absolute Gasteiger partial charge is 0.487 e. The molecular weight excluding hydrogens is 529 g/mol. The molecule has 0 saturated carbocycles. The van der Waals surface area contributed by atoms with Crippen LogP contribution in [-0.4, -0.2) is 16.8 Å². The maximum absolute atomic E-state index is 9.68. The molecule has 0 aromatic heterocycles. The van der Waals surface area contributed by atoms with E-state index in [-0.39, 0.29) is 5.12 Å². The molecule has 0 aliphatic rings. The van der Waals surface area contributed by atoms with Crippen LogP contribution in [0.25, 0.3) is 0 Å². The Morgan fingerprint density at radius 3 is 1.12 bits per heavy atom. The Morgan fingerprint density at radius 1 is 0.550 bits per heavy atom. The van der Waals surface area contributed by atoms with Gasteiger partial charge >= 0.3 is 0 Å². The average Bonchev–Trinajstić information content (AvgIpc) is 2.95. The molecule has 0 aromatic carbocycles. The van der Waals surface area contributed by atoms with E-state index >= 15 is 0 Å². The first-order chi connectivity index (χ1) is 19.5. The molecule has 0 heterocycles. The second-order valence-corrected chi connectivity index (χ2v) is 13.0. The number of ether oxygens (including phenoxy) is 1. The number of unbranched alkanes of at least 4 members (excludes halogenated alkanes) is 24. The summed E-state index contributed by atoms with van der Waals surface area (Å²) in [6, 6.07) is 0. The van der Waals surface area contributed by atoms with Crippen molar-refractivity contribution in [1.82, 2.24) is 0 Å². The zero-order valence-corrected chi connectivity index (χ0v) is 29.5. The number of rotatable bonds is 30. The Kier molecular flexibility index (Phi) is 38.8. The third-order valence-electron chi connectivity index (χ3n) is 7.94. The summed E-state index contributed by atoms with van der Waals surface area (Å²) >= 11 is 8.99. The average molecular weight is 601 g/mol. The monoisotopic (exact) mass is 600 g/mol. The second-order valence-electron chi connectivity index (χ2n) is 12.1. The van der Waals surface area contributed by atoms with E-state index in [1.54, 1.807) is 6.92 Å². The van der Waals surface area contributed by atoms with Gasteiger partial charge in [0, 0.05) is 12.3 Å². The first-order valence-electron chi connectivity index (χ1n) is 17.9. The number of thiocarbonyl (C=S) groups is 1. The number of hydrogen-bond acceptors (Lipinski definition) is 3. The lowest BCUT2D eigenvalue weighted by Gasteiger charge is -2.14. The number of thiol groups is 1. The molecule has 0 bridgehead atoms. The molecule has 0 rings (SSSR count). The van der Waals surface area contributed by atoms with Crippen molar-refractivity contribution in [3.8, 4) is 0 Å². The molecule has 0 aromatic rings. The highest BCUT2D eigenvalue weighted by Gasteiger charge is 2.09. The molecule has 240 valence electrons. The molecular formula is C36H72O2S2. The number of carbonyl (C=O) groups is 1. The first kappa shape index (κ1) is 42.0. The van der Waals surface area contributed by atoms with Crippen molar-refractivity contribution in [2.75, 3.05) is 6.61 Å². The van der Waals surface area contributed by atoms with Gasteiger partial charge in [-0.25, -0.2) is 0 Å². The van der Waals surface area contributed by atoms with Crippen LogP contribution in [0.2, 0.25) is 0 Å². The van der Waals surface area contributed by atoms with Gasteiger partial charge in [0.05, 0.1) is 6.61 Å². The van der Waals surface area contributed by atoms with Crippen molar-refractivity contribution in [2.45, 2.75) is 207 Å². The summed E-state index contributed by atoms with van der Waals surface area (Å²) < 4.78 is 5.89. The molecule has 0 amide bonds. The maximum Gasteiger partial charge on any atom is 0.185 e. The summed E-state index contributed by atoms with van der Waals surface area (Å²) in [4.78, 5) is 9.68. The fraction of sp³-hybridized carbons (Fsp3) is 0.944. The van der Waals surface area contributed by atoms with Gasteiger partial charge in [-0.3, -0.25) is 4.79 Å². The molecule has 0 aliphatic carbocycles. The van der Waals surface area contributed by atoms with Crippen molar-refractivity contribution in [3.05, 3.63) is 0 Å². The molecule has 0 saturated heterocycles. The van der Waals surface area contributed by atoms with Crippen LogP contribution in [0.4, 0.5) is 0 Å². The predicted octanol–water partition coefficient (Wildman–Crippen LogP) is 13.4. The molecule has 4 heteroatoms. The highest BCUT2D eigenvalue weighted by Crippen LogP contribution is 2.17. The van der Waals surface area contributed by atoms with Gasteiger partial charge in [-0.15, -0.1) is 12.6 Å². The summed E-state index contributed by atoms with van der Waals surface area (Å²) in [7, 11) is 0. The minimum Gasteiger partial charge on any atom is -0.487 e. The lowest BCUT2D eigenvalue weighted by Crippen LogP contribution is -2.13. The lowest BCUT2D eigenvalue weighted by atomic mass is 10.0. The molecule has 0 fully saturated rings. The van der Waals surface area contributed by atoms with Gasteiger partial charge in [-0.1, -0.05) is 188 Å². The molecule has 0 N–H and O–H groups in total. The highest BCUT2D eigenvalue weighted by molar-refractivity contribution is 7.96. The molecule has 2 nitrogen and oxygen atoms in total. The fourth-order valence-electron chi connectivity index (χ4n) is 5.02. The number of hydrogen-bond donors (Lipinski definition) is 1. The Hall–Kier alpha value is -0.0900. The van der Waals surface area contributed by atoms with Gasteiger partial charge in [0.1, 0.15) is 0 Å². The quantitative estimate of drug-likeness (QED) is 0.0504. The van der Waals surface area contributed by atoms with Crippen LogP contribution in [0, 0.1) is 5.92 Å². The minimum absolute atomic E-state index is 0.0509. The maximum atomic E-state index is 9.68. The van der Waals surface area contributed by atoms with Crippen LogP contribution in [0.5, 0.6) is 0 Å². The minimum atomic E-state index is -0.0509. The van der Waals surface area contributed by atoms with E-state index in [2.05, 4.69) is 33.4 Å². The molecule has 40 heavy (non-hydrogen) atoms. The topological polar surface area (TPSA) is 26.3 Å². The Morgan fingerprint density at radius 2 is 0.825 bits per heavy atom. The zero-order valence-electron chi connectivity index (χ0n) is 27.8. The third kappa shape index (κ3) is 37.9. The first-order valence-corrected chi connectivity index (χ1v) is 18.7. The number of carbonyl (C=O) groups excluding carboxylic acids is 1. The van der Waals surface area contributed by atoms with Crippen molar-refractivity contribution in [3.63, 3.8) is 0 Å². The van der Waals surface area contributed by atoms with Crippen LogP contribution in [0.15, 0.2) is 0 Å².